The number of hydrogen-bond donors (Lipinski definition) is 1. The molecule has 2 aliphatic rings. The van der Waals surface area contributed by atoms with Crippen LogP contribution < -0.4 is 15.0 Å². The number of thiophene rings is 1. The molecule has 2 fully saturated rings. The highest BCUT2D eigenvalue weighted by Gasteiger charge is 2.33. The Labute approximate surface area is 287 Å². The van der Waals surface area contributed by atoms with E-state index in [0.29, 0.717) is 30.9 Å². The third-order valence-corrected chi connectivity index (χ3v) is 10.0. The lowest BCUT2D eigenvalue weighted by atomic mass is 10.1. The summed E-state index contributed by atoms with van der Waals surface area (Å²) in [6.45, 7) is 4.58. The SMILES string of the molecule is CNC(=O)N1CCN(Cc2ccc(-c3cc4nccc(Oc5ccc(CC(=O)N6CCN(c7ccccc7)C6=O)cc5F)c4s3)cc2)CC1. The lowest BCUT2D eigenvalue weighted by Crippen LogP contribution is -2.50. The summed E-state index contributed by atoms with van der Waals surface area (Å²) >= 11 is 1.52. The number of amides is 5. The van der Waals surface area contributed by atoms with Gasteiger partial charge in [0.05, 0.1) is 16.6 Å². The van der Waals surface area contributed by atoms with Gasteiger partial charge < -0.3 is 15.0 Å². The number of nitrogens with one attached hydrogen (secondary N) is 1. The van der Waals surface area contributed by atoms with Crippen LogP contribution in [0.2, 0.25) is 0 Å². The summed E-state index contributed by atoms with van der Waals surface area (Å²) in [7, 11) is 1.66. The van der Waals surface area contributed by atoms with Gasteiger partial charge in [-0.15, -0.1) is 11.3 Å². The minimum absolute atomic E-state index is 0.0318. The predicted molar refractivity (Wildman–Crippen MR) is 187 cm³/mol. The number of rotatable bonds is 8. The molecule has 250 valence electrons. The first kappa shape index (κ1) is 32.2. The van der Waals surface area contributed by atoms with Crippen LogP contribution in [0, 0.1) is 5.82 Å². The molecule has 12 heteroatoms. The molecule has 2 saturated heterocycles. The second-order valence-electron chi connectivity index (χ2n) is 12.0. The molecule has 0 saturated carbocycles. The topological polar surface area (TPSA) is 98.3 Å². The van der Waals surface area contributed by atoms with Crippen LogP contribution in [0.5, 0.6) is 11.5 Å². The van der Waals surface area contributed by atoms with E-state index in [9.17, 15) is 14.4 Å². The Balaban J connectivity index is 0.989. The molecule has 10 nitrogen and oxygen atoms in total. The van der Waals surface area contributed by atoms with Gasteiger partial charge in [-0.1, -0.05) is 48.5 Å². The van der Waals surface area contributed by atoms with E-state index in [4.69, 9.17) is 4.74 Å². The molecule has 0 spiro atoms. The van der Waals surface area contributed by atoms with Crippen LogP contribution in [0.25, 0.3) is 20.7 Å². The fourth-order valence-corrected chi connectivity index (χ4v) is 7.25. The van der Waals surface area contributed by atoms with Crippen molar-refractivity contribution >= 4 is 45.2 Å². The summed E-state index contributed by atoms with van der Waals surface area (Å²) in [6.07, 6.45) is 1.53. The Hall–Kier alpha value is -5.33. The number of piperazine rings is 1. The van der Waals surface area contributed by atoms with Crippen LogP contribution in [-0.4, -0.2) is 84.0 Å². The van der Waals surface area contributed by atoms with Crippen molar-refractivity contribution in [2.45, 2.75) is 13.0 Å². The van der Waals surface area contributed by atoms with Crippen molar-refractivity contribution in [1.29, 1.82) is 0 Å². The van der Waals surface area contributed by atoms with Gasteiger partial charge in [0.2, 0.25) is 5.91 Å². The third kappa shape index (κ3) is 6.96. The number of para-hydroxylation sites is 1. The van der Waals surface area contributed by atoms with Crippen molar-refractivity contribution in [2.24, 2.45) is 0 Å². The molecule has 0 radical (unpaired) electrons. The molecule has 0 aliphatic carbocycles. The Morgan fingerprint density at radius 3 is 2.37 bits per heavy atom. The number of carbonyl (C=O) groups is 3. The van der Waals surface area contributed by atoms with E-state index in [2.05, 4.69) is 39.5 Å². The Morgan fingerprint density at radius 1 is 0.878 bits per heavy atom. The van der Waals surface area contributed by atoms with Gasteiger partial charge in [0.15, 0.2) is 11.6 Å². The highest BCUT2D eigenvalue weighted by atomic mass is 32.1. The molecule has 3 aromatic carbocycles. The number of hydrogen-bond acceptors (Lipinski definition) is 7. The van der Waals surface area contributed by atoms with Gasteiger partial charge in [-0.25, -0.2) is 14.0 Å². The summed E-state index contributed by atoms with van der Waals surface area (Å²) in [5.41, 5.74) is 4.18. The lowest BCUT2D eigenvalue weighted by Gasteiger charge is -2.34. The van der Waals surface area contributed by atoms with Crippen LogP contribution >= 0.6 is 11.3 Å². The van der Waals surface area contributed by atoms with Crippen molar-refractivity contribution in [3.05, 3.63) is 108 Å². The molecule has 49 heavy (non-hydrogen) atoms. The zero-order chi connectivity index (χ0) is 33.9. The molecule has 0 atom stereocenters. The van der Waals surface area contributed by atoms with Crippen molar-refractivity contribution < 1.29 is 23.5 Å². The zero-order valence-corrected chi connectivity index (χ0v) is 27.8. The maximum absolute atomic E-state index is 15.3. The molecular weight excluding hydrogens is 644 g/mol. The summed E-state index contributed by atoms with van der Waals surface area (Å²) in [6, 6.07) is 25.4. The molecule has 7 rings (SSSR count). The first-order valence-corrected chi connectivity index (χ1v) is 17.0. The summed E-state index contributed by atoms with van der Waals surface area (Å²) in [4.78, 5) is 50.3. The first-order chi connectivity index (χ1) is 23.9. The number of halogens is 1. The summed E-state index contributed by atoms with van der Waals surface area (Å²) in [5, 5.41) is 2.69. The second-order valence-corrected chi connectivity index (χ2v) is 13.1. The average Bonchev–Trinajstić information content (AvgIpc) is 3.74. The maximum atomic E-state index is 15.3. The van der Waals surface area contributed by atoms with E-state index in [1.807, 2.05) is 41.3 Å². The van der Waals surface area contributed by atoms with Crippen LogP contribution in [0.15, 0.2) is 91.1 Å². The monoisotopic (exact) mass is 678 g/mol. The molecular formula is C37H35FN6O4S. The fourth-order valence-electron chi connectivity index (χ4n) is 6.18. The van der Waals surface area contributed by atoms with Gasteiger partial charge in [0.25, 0.3) is 0 Å². The van der Waals surface area contributed by atoms with Crippen molar-refractivity contribution in [3.63, 3.8) is 0 Å². The average molecular weight is 679 g/mol. The minimum Gasteiger partial charge on any atom is -0.453 e. The number of carbonyl (C=O) groups excluding carboxylic acids is 3. The summed E-state index contributed by atoms with van der Waals surface area (Å²) in [5.74, 6) is -0.463. The number of nitrogens with zero attached hydrogens (tertiary/aromatic N) is 5. The third-order valence-electron chi connectivity index (χ3n) is 8.84. The smallest absolute Gasteiger partial charge is 0.331 e. The Bertz CT molecular complexity index is 2000. The lowest BCUT2D eigenvalue weighted by molar-refractivity contribution is -0.126. The van der Waals surface area contributed by atoms with Crippen molar-refractivity contribution in [2.75, 3.05) is 51.2 Å². The largest absolute Gasteiger partial charge is 0.453 e. The standard InChI is InChI=1S/C37H35FN6O4S/c1-39-36(46)42-17-15-41(16-18-42)24-25-7-10-27(11-8-25)33-23-30-35(49-33)32(13-14-40-30)48-31-12-9-26(21-29(31)38)22-34(45)44-20-19-43(37(44)47)28-5-3-2-4-6-28/h2-14,21,23H,15-20,22,24H2,1H3,(H,39,46). The first-order valence-electron chi connectivity index (χ1n) is 16.2. The normalized spacial score (nSPS) is 15.2. The number of ether oxygens (including phenoxy) is 1. The number of imide groups is 1. The van der Waals surface area contributed by atoms with Gasteiger partial charge in [-0.05, 0) is 47.0 Å². The number of anilines is 1. The number of fused-ring (bicyclic) bond motifs is 1. The Kier molecular flexibility index (Phi) is 9.23. The quantitative estimate of drug-likeness (QED) is 0.205. The van der Waals surface area contributed by atoms with E-state index in [1.165, 1.54) is 33.9 Å². The number of aromatic nitrogens is 1. The molecule has 4 heterocycles. The van der Waals surface area contributed by atoms with E-state index in [0.717, 1.165) is 46.0 Å². The fraction of sp³-hybridized carbons (Fsp3) is 0.243. The molecule has 1 N–H and O–H groups in total. The van der Waals surface area contributed by atoms with E-state index < -0.39 is 5.82 Å². The molecule has 5 aromatic rings. The molecule has 2 aliphatic heterocycles. The highest BCUT2D eigenvalue weighted by Crippen LogP contribution is 2.39. The number of benzene rings is 3. The van der Waals surface area contributed by atoms with Crippen LogP contribution in [0.3, 0.4) is 0 Å². The van der Waals surface area contributed by atoms with E-state index >= 15 is 4.39 Å². The van der Waals surface area contributed by atoms with Crippen LogP contribution in [0.4, 0.5) is 19.7 Å². The molecule has 0 bridgehead atoms. The van der Waals surface area contributed by atoms with E-state index in [-0.39, 0.29) is 36.7 Å². The molecule has 5 amide bonds. The maximum Gasteiger partial charge on any atom is 0.331 e. The zero-order valence-electron chi connectivity index (χ0n) is 27.0. The Morgan fingerprint density at radius 2 is 1.63 bits per heavy atom. The molecule has 2 aromatic heterocycles. The second kappa shape index (κ2) is 14.0. The van der Waals surface area contributed by atoms with Gasteiger partial charge in [-0.2, -0.15) is 0 Å². The van der Waals surface area contributed by atoms with Crippen molar-refractivity contribution in [3.8, 4) is 21.9 Å². The van der Waals surface area contributed by atoms with Crippen LogP contribution in [0.1, 0.15) is 11.1 Å². The van der Waals surface area contributed by atoms with Crippen molar-refractivity contribution in [1.82, 2.24) is 25.0 Å². The predicted octanol–water partition coefficient (Wildman–Crippen LogP) is 6.36. The summed E-state index contributed by atoms with van der Waals surface area (Å²) < 4.78 is 22.2. The van der Waals surface area contributed by atoms with E-state index in [1.54, 1.807) is 30.3 Å². The highest BCUT2D eigenvalue weighted by molar-refractivity contribution is 7.22. The number of pyridine rings is 1. The van der Waals surface area contributed by atoms with Gasteiger partial charge in [0, 0.05) is 75.7 Å². The number of urea groups is 2. The van der Waals surface area contributed by atoms with Gasteiger partial charge in [0.1, 0.15) is 5.75 Å². The minimum atomic E-state index is -0.601. The van der Waals surface area contributed by atoms with Gasteiger partial charge >= 0.3 is 12.1 Å². The van der Waals surface area contributed by atoms with Gasteiger partial charge in [-0.3, -0.25) is 24.5 Å². The molecule has 0 unspecified atom stereocenters. The van der Waals surface area contributed by atoms with Crippen LogP contribution in [-0.2, 0) is 17.8 Å².